The van der Waals surface area contributed by atoms with Crippen LogP contribution in [0.15, 0.2) is 84.7 Å². The first-order chi connectivity index (χ1) is 11.6. The number of benzene rings is 2. The van der Waals surface area contributed by atoms with Gasteiger partial charge in [-0.1, -0.05) is 67.2 Å². The summed E-state index contributed by atoms with van der Waals surface area (Å²) >= 11 is 0. The van der Waals surface area contributed by atoms with Crippen LogP contribution in [0, 0.1) is 0 Å². The highest BCUT2D eigenvalue weighted by molar-refractivity contribution is 5.94. The van der Waals surface area contributed by atoms with Crippen LogP contribution >= 0.6 is 0 Å². The van der Waals surface area contributed by atoms with Crippen LogP contribution in [0.5, 0.6) is 0 Å². The van der Waals surface area contributed by atoms with Gasteiger partial charge < -0.3 is 10.2 Å². The summed E-state index contributed by atoms with van der Waals surface area (Å²) in [6.07, 6.45) is 1.64. The fraction of sp³-hybridized carbons (Fsp3) is 0.190. The van der Waals surface area contributed by atoms with E-state index >= 15 is 0 Å². The van der Waals surface area contributed by atoms with Gasteiger partial charge in [0.25, 0.3) is 5.91 Å². The number of hydrogen-bond acceptors (Lipinski definition) is 2. The molecule has 2 atom stereocenters. The van der Waals surface area contributed by atoms with Crippen molar-refractivity contribution in [3.8, 4) is 0 Å². The minimum atomic E-state index is -0.0474. The maximum atomic E-state index is 12.5. The predicted molar refractivity (Wildman–Crippen MR) is 96.9 cm³/mol. The molecule has 122 valence electrons. The molecule has 2 aromatic rings. The molecule has 0 radical (unpaired) electrons. The summed E-state index contributed by atoms with van der Waals surface area (Å²) in [5.74, 6) is -0.0286. The molecule has 0 spiro atoms. The average molecular weight is 318 g/mol. The lowest BCUT2D eigenvalue weighted by molar-refractivity contribution is -0.124. The topological polar surface area (TPSA) is 32.3 Å². The normalized spacial score (nSPS) is 16.8. The Hall–Kier alpha value is -2.81. The third-order valence-electron chi connectivity index (χ3n) is 4.45. The fourth-order valence-corrected chi connectivity index (χ4v) is 3.03. The Morgan fingerprint density at radius 1 is 0.917 bits per heavy atom. The molecule has 0 fully saturated rings. The Morgan fingerprint density at radius 2 is 1.46 bits per heavy atom. The van der Waals surface area contributed by atoms with Gasteiger partial charge in [0.05, 0.1) is 17.4 Å². The fourth-order valence-electron chi connectivity index (χ4n) is 3.03. The molecule has 0 aliphatic carbocycles. The van der Waals surface area contributed by atoms with Gasteiger partial charge in [-0.05, 0) is 25.0 Å². The number of amides is 1. The molecule has 1 aliphatic heterocycles. The van der Waals surface area contributed by atoms with Crippen LogP contribution in [-0.4, -0.2) is 10.8 Å². The van der Waals surface area contributed by atoms with Crippen molar-refractivity contribution < 1.29 is 4.79 Å². The smallest absolute Gasteiger partial charge is 0.253 e. The van der Waals surface area contributed by atoms with Crippen molar-refractivity contribution >= 4 is 5.91 Å². The molecule has 3 rings (SSSR count). The molecule has 24 heavy (non-hydrogen) atoms. The number of carbonyl (C=O) groups is 1. The standard InChI is InChI=1S/C21H22N2O/c1-15(18-10-6-4-7-11-18)22-20-14-21(24)23(17(20)3)16(2)19-12-8-5-9-13-19/h4-16,22H,3H2,1-2H3/t15-,16-/m0/s1. The SMILES string of the molecule is C=C1C(N[C@@H](C)c2ccccc2)=CC(=O)N1[C@@H](C)c1ccccc1. The third kappa shape index (κ3) is 3.11. The summed E-state index contributed by atoms with van der Waals surface area (Å²) in [5, 5.41) is 3.41. The average Bonchev–Trinajstić information content (AvgIpc) is 2.89. The molecule has 1 N–H and O–H groups in total. The first-order valence-corrected chi connectivity index (χ1v) is 8.18. The Morgan fingerprint density at radius 3 is 2.04 bits per heavy atom. The number of hydrogen-bond donors (Lipinski definition) is 1. The molecule has 0 unspecified atom stereocenters. The van der Waals surface area contributed by atoms with Crippen LogP contribution in [0.4, 0.5) is 0 Å². The quantitative estimate of drug-likeness (QED) is 0.889. The van der Waals surface area contributed by atoms with Crippen LogP contribution in [0.25, 0.3) is 0 Å². The summed E-state index contributed by atoms with van der Waals surface area (Å²) < 4.78 is 0. The summed E-state index contributed by atoms with van der Waals surface area (Å²) in [6.45, 7) is 8.24. The molecule has 0 saturated heterocycles. The van der Waals surface area contributed by atoms with Crippen molar-refractivity contribution in [3.05, 3.63) is 95.8 Å². The lowest BCUT2D eigenvalue weighted by Gasteiger charge is -2.27. The summed E-state index contributed by atoms with van der Waals surface area (Å²) in [7, 11) is 0. The van der Waals surface area contributed by atoms with E-state index in [4.69, 9.17) is 0 Å². The number of nitrogens with one attached hydrogen (secondary N) is 1. The summed E-state index contributed by atoms with van der Waals surface area (Å²) in [5.41, 5.74) is 3.78. The van der Waals surface area contributed by atoms with Gasteiger partial charge in [0.2, 0.25) is 0 Å². The molecule has 3 heteroatoms. The number of nitrogens with zero attached hydrogens (tertiary/aromatic N) is 1. The van der Waals surface area contributed by atoms with E-state index < -0.39 is 0 Å². The summed E-state index contributed by atoms with van der Waals surface area (Å²) in [4.78, 5) is 14.2. The predicted octanol–water partition coefficient (Wildman–Crippen LogP) is 4.34. The van der Waals surface area contributed by atoms with Gasteiger partial charge in [-0.15, -0.1) is 0 Å². The monoisotopic (exact) mass is 318 g/mol. The highest BCUT2D eigenvalue weighted by Crippen LogP contribution is 2.32. The van der Waals surface area contributed by atoms with Gasteiger partial charge in [0, 0.05) is 12.1 Å². The second-order valence-corrected chi connectivity index (χ2v) is 6.08. The van der Waals surface area contributed by atoms with Crippen molar-refractivity contribution in [2.45, 2.75) is 25.9 Å². The van der Waals surface area contributed by atoms with Crippen molar-refractivity contribution in [1.29, 1.82) is 0 Å². The molecule has 2 aromatic carbocycles. The number of carbonyl (C=O) groups excluding carboxylic acids is 1. The van der Waals surface area contributed by atoms with Crippen LogP contribution in [0.2, 0.25) is 0 Å². The van der Waals surface area contributed by atoms with Crippen molar-refractivity contribution in [3.63, 3.8) is 0 Å². The lowest BCUT2D eigenvalue weighted by Crippen LogP contribution is -2.29. The first-order valence-electron chi connectivity index (χ1n) is 8.18. The Labute approximate surface area is 143 Å². The Kier molecular flexibility index (Phi) is 4.52. The zero-order valence-electron chi connectivity index (χ0n) is 14.1. The molecule has 1 aliphatic rings. The van der Waals surface area contributed by atoms with Gasteiger partial charge in [-0.3, -0.25) is 4.79 Å². The van der Waals surface area contributed by atoms with Gasteiger partial charge in [-0.2, -0.15) is 0 Å². The highest BCUT2D eigenvalue weighted by Gasteiger charge is 2.31. The third-order valence-corrected chi connectivity index (χ3v) is 4.45. The minimum Gasteiger partial charge on any atom is -0.377 e. The van der Waals surface area contributed by atoms with Crippen molar-refractivity contribution in [1.82, 2.24) is 10.2 Å². The zero-order chi connectivity index (χ0) is 17.1. The van der Waals surface area contributed by atoms with E-state index in [1.54, 1.807) is 11.0 Å². The van der Waals surface area contributed by atoms with Gasteiger partial charge in [0.15, 0.2) is 0 Å². The molecule has 0 aromatic heterocycles. The molecular weight excluding hydrogens is 296 g/mol. The van der Waals surface area contributed by atoms with E-state index in [0.717, 1.165) is 17.0 Å². The maximum absolute atomic E-state index is 12.5. The molecule has 3 nitrogen and oxygen atoms in total. The molecule has 0 saturated carbocycles. The molecule has 1 heterocycles. The van der Waals surface area contributed by atoms with E-state index in [2.05, 4.69) is 31.0 Å². The van der Waals surface area contributed by atoms with Gasteiger partial charge in [-0.25, -0.2) is 0 Å². The van der Waals surface area contributed by atoms with Gasteiger partial charge in [0.1, 0.15) is 0 Å². The van der Waals surface area contributed by atoms with E-state index in [0.29, 0.717) is 0 Å². The van der Waals surface area contributed by atoms with Crippen LogP contribution < -0.4 is 5.32 Å². The number of rotatable bonds is 5. The van der Waals surface area contributed by atoms with E-state index in [1.807, 2.05) is 55.5 Å². The Bertz CT molecular complexity index is 765. The van der Waals surface area contributed by atoms with Gasteiger partial charge >= 0.3 is 0 Å². The zero-order valence-corrected chi connectivity index (χ0v) is 14.1. The lowest BCUT2D eigenvalue weighted by atomic mass is 10.1. The summed E-state index contributed by atoms with van der Waals surface area (Å²) in [6, 6.07) is 20.2. The second-order valence-electron chi connectivity index (χ2n) is 6.08. The van der Waals surface area contributed by atoms with E-state index in [-0.39, 0.29) is 18.0 Å². The molecule has 1 amide bonds. The largest absolute Gasteiger partial charge is 0.377 e. The van der Waals surface area contributed by atoms with Crippen LogP contribution in [0.1, 0.15) is 37.1 Å². The van der Waals surface area contributed by atoms with E-state index in [1.165, 1.54) is 5.56 Å². The second kappa shape index (κ2) is 6.75. The molecular formula is C21H22N2O. The first kappa shape index (κ1) is 16.1. The van der Waals surface area contributed by atoms with Crippen LogP contribution in [0.3, 0.4) is 0 Å². The van der Waals surface area contributed by atoms with Crippen LogP contribution in [-0.2, 0) is 4.79 Å². The maximum Gasteiger partial charge on any atom is 0.253 e. The minimum absolute atomic E-state index is 0.0286. The highest BCUT2D eigenvalue weighted by atomic mass is 16.2. The van der Waals surface area contributed by atoms with E-state index in [9.17, 15) is 4.79 Å². The molecule has 0 bridgehead atoms. The van der Waals surface area contributed by atoms with Crippen molar-refractivity contribution in [2.75, 3.05) is 0 Å². The Balaban J connectivity index is 1.75. The van der Waals surface area contributed by atoms with Crippen molar-refractivity contribution in [2.24, 2.45) is 0 Å².